The Labute approximate surface area is 202 Å². The quantitative estimate of drug-likeness (QED) is 0.298. The molecule has 1 fully saturated rings. The van der Waals surface area contributed by atoms with Gasteiger partial charge < -0.3 is 0 Å². The Hall–Kier alpha value is -5.00. The van der Waals surface area contributed by atoms with E-state index in [0.717, 1.165) is 30.3 Å². The topological polar surface area (TPSA) is 71.4 Å². The van der Waals surface area contributed by atoms with Crippen LogP contribution in [0.5, 0.6) is 0 Å². The monoisotopic (exact) mass is 485 g/mol. The van der Waals surface area contributed by atoms with Gasteiger partial charge in [-0.2, -0.15) is 15.8 Å². The number of allylic oxidation sites excluding steroid dienone is 6. The van der Waals surface area contributed by atoms with E-state index in [1.807, 2.05) is 18.2 Å². The fraction of sp³-hybridized carbons (Fsp3) is 0.0357. The number of nitriles is 3. The largest absolute Gasteiger partial charge is 0.207 e. The zero-order valence-electron chi connectivity index (χ0n) is 18.4. The molecule has 0 spiro atoms. The van der Waals surface area contributed by atoms with Gasteiger partial charge in [-0.05, 0) is 65.6 Å². The van der Waals surface area contributed by atoms with Crippen molar-refractivity contribution in [3.05, 3.63) is 123 Å². The molecule has 3 aromatic carbocycles. The zero-order chi connectivity index (χ0) is 26.1. The fourth-order valence-electron chi connectivity index (χ4n) is 4.01. The van der Waals surface area contributed by atoms with Crippen LogP contribution in [0.1, 0.15) is 22.3 Å². The summed E-state index contributed by atoms with van der Waals surface area (Å²) in [5.74, 6) is -4.52. The highest BCUT2D eigenvalue weighted by Gasteiger charge is 2.41. The predicted octanol–water partition coefficient (Wildman–Crippen LogP) is 6.94. The highest BCUT2D eigenvalue weighted by molar-refractivity contribution is 6.12. The summed E-state index contributed by atoms with van der Waals surface area (Å²) in [5, 5.41) is 29.7. The molecule has 0 radical (unpaired) electrons. The van der Waals surface area contributed by atoms with E-state index in [-0.39, 0.29) is 50.1 Å². The zero-order valence-corrected chi connectivity index (χ0v) is 18.4. The summed E-state index contributed by atoms with van der Waals surface area (Å²) in [6.45, 7) is 1.60. The van der Waals surface area contributed by atoms with E-state index in [1.165, 1.54) is 12.1 Å². The van der Waals surface area contributed by atoms with E-state index < -0.39 is 29.1 Å². The van der Waals surface area contributed by atoms with Gasteiger partial charge in [-0.15, -0.1) is 0 Å². The van der Waals surface area contributed by atoms with Gasteiger partial charge in [-0.3, -0.25) is 0 Å². The minimum Gasteiger partial charge on any atom is -0.207 e. The molecule has 0 N–H and O–H groups in total. The lowest BCUT2D eigenvalue weighted by Gasteiger charge is -2.02. The molecule has 0 aliphatic heterocycles. The molecule has 3 nitrogen and oxygen atoms in total. The molecular weight excluding hydrogens is 473 g/mol. The lowest BCUT2D eigenvalue weighted by atomic mass is 10.0. The van der Waals surface area contributed by atoms with E-state index in [2.05, 4.69) is 0 Å². The van der Waals surface area contributed by atoms with Gasteiger partial charge in [-0.25, -0.2) is 22.0 Å². The van der Waals surface area contributed by atoms with Crippen LogP contribution in [0.3, 0.4) is 0 Å². The van der Waals surface area contributed by atoms with Crippen LogP contribution in [-0.2, 0) is 0 Å². The molecule has 36 heavy (non-hydrogen) atoms. The summed E-state index contributed by atoms with van der Waals surface area (Å²) in [4.78, 5) is 0. The predicted molar refractivity (Wildman–Crippen MR) is 121 cm³/mol. The molecule has 174 valence electrons. The summed E-state index contributed by atoms with van der Waals surface area (Å²) in [5.41, 5.74) is -0.404. The molecule has 1 aliphatic carbocycles. The summed E-state index contributed by atoms with van der Waals surface area (Å²) < 4.78 is 69.9. The molecule has 0 unspecified atom stereocenters. The van der Waals surface area contributed by atoms with Gasteiger partial charge in [0, 0.05) is 28.9 Å². The lowest BCUT2D eigenvalue weighted by molar-refractivity contribution is 0.582. The van der Waals surface area contributed by atoms with Crippen molar-refractivity contribution in [2.24, 2.45) is 0 Å². The molecule has 0 heterocycles. The summed E-state index contributed by atoms with van der Waals surface area (Å²) >= 11 is 0. The third-order valence-electron chi connectivity index (χ3n) is 5.41. The van der Waals surface area contributed by atoms with Crippen molar-refractivity contribution in [2.75, 3.05) is 0 Å². The lowest BCUT2D eigenvalue weighted by Crippen LogP contribution is -1.88. The van der Waals surface area contributed by atoms with E-state index in [1.54, 1.807) is 6.92 Å². The SMILES string of the molecule is Cc1cc(F)cc(C(C#N)=C2C(=C(C#N)c3cc(F)cc(F)c3)C2=C(C#N)c2cc(F)cc(F)c2)c1. The molecule has 8 heteroatoms. The first-order chi connectivity index (χ1) is 17.2. The number of rotatable bonds is 3. The second-order valence-electron chi connectivity index (χ2n) is 7.92. The van der Waals surface area contributed by atoms with Gasteiger partial charge in [0.1, 0.15) is 47.3 Å². The molecule has 0 amide bonds. The van der Waals surface area contributed by atoms with Crippen LogP contribution in [0.2, 0.25) is 0 Å². The number of halogens is 5. The van der Waals surface area contributed by atoms with Crippen LogP contribution >= 0.6 is 0 Å². The standard InChI is InChI=1S/C28H12F5N3/c1-14-2-15(4-18(29)3-14)23(11-34)26-27(24(12-35)16-5-19(30)9-20(31)6-16)28(26)25(13-36)17-7-21(32)10-22(33)8-17/h2-10H,1H3. The Morgan fingerprint density at radius 2 is 0.750 bits per heavy atom. The van der Waals surface area contributed by atoms with Crippen molar-refractivity contribution in [3.63, 3.8) is 0 Å². The molecule has 1 aliphatic rings. The number of hydrogen-bond donors (Lipinski definition) is 0. The molecule has 1 saturated carbocycles. The van der Waals surface area contributed by atoms with Crippen LogP contribution in [0.4, 0.5) is 22.0 Å². The number of nitrogens with zero attached hydrogens (tertiary/aromatic N) is 3. The van der Waals surface area contributed by atoms with E-state index in [0.29, 0.717) is 17.7 Å². The molecule has 0 bridgehead atoms. The van der Waals surface area contributed by atoms with Gasteiger partial charge in [0.2, 0.25) is 0 Å². The highest BCUT2D eigenvalue weighted by atomic mass is 19.1. The first-order valence-corrected chi connectivity index (χ1v) is 10.3. The normalized spacial score (nSPS) is 14.9. The Balaban J connectivity index is 2.14. The van der Waals surface area contributed by atoms with Gasteiger partial charge in [0.05, 0.1) is 16.7 Å². The van der Waals surface area contributed by atoms with Crippen LogP contribution in [0, 0.1) is 70.0 Å². The number of benzene rings is 3. The third-order valence-corrected chi connectivity index (χ3v) is 5.41. The van der Waals surface area contributed by atoms with Crippen molar-refractivity contribution >= 4 is 16.7 Å². The second kappa shape index (κ2) is 9.33. The Morgan fingerprint density at radius 1 is 0.472 bits per heavy atom. The molecule has 0 aromatic heterocycles. The van der Waals surface area contributed by atoms with Crippen LogP contribution < -0.4 is 0 Å². The summed E-state index contributed by atoms with van der Waals surface area (Å²) in [6, 6.07) is 14.2. The van der Waals surface area contributed by atoms with Crippen molar-refractivity contribution in [1.29, 1.82) is 15.8 Å². The van der Waals surface area contributed by atoms with Gasteiger partial charge >= 0.3 is 0 Å². The van der Waals surface area contributed by atoms with E-state index >= 15 is 0 Å². The average molecular weight is 485 g/mol. The van der Waals surface area contributed by atoms with Crippen molar-refractivity contribution in [2.45, 2.75) is 6.92 Å². The van der Waals surface area contributed by atoms with Crippen molar-refractivity contribution in [3.8, 4) is 18.2 Å². The Morgan fingerprint density at radius 3 is 1.03 bits per heavy atom. The van der Waals surface area contributed by atoms with Gasteiger partial charge in [0.15, 0.2) is 0 Å². The molecule has 0 atom stereocenters. The summed E-state index contributed by atoms with van der Waals surface area (Å²) in [6.07, 6.45) is 0. The average Bonchev–Trinajstić information content (AvgIpc) is 3.47. The second-order valence-corrected chi connectivity index (χ2v) is 7.92. The minimum atomic E-state index is -0.968. The molecule has 0 saturated heterocycles. The maximum atomic E-state index is 14.1. The highest BCUT2D eigenvalue weighted by Crippen LogP contribution is 2.56. The van der Waals surface area contributed by atoms with Crippen LogP contribution in [0.25, 0.3) is 16.7 Å². The maximum Gasteiger partial charge on any atom is 0.126 e. The van der Waals surface area contributed by atoms with Gasteiger partial charge in [0.25, 0.3) is 0 Å². The van der Waals surface area contributed by atoms with E-state index in [9.17, 15) is 37.7 Å². The van der Waals surface area contributed by atoms with Gasteiger partial charge in [-0.1, -0.05) is 6.07 Å². The minimum absolute atomic E-state index is 0.0119. The smallest absolute Gasteiger partial charge is 0.126 e. The third kappa shape index (κ3) is 4.51. The first-order valence-electron chi connectivity index (χ1n) is 10.3. The number of hydrogen-bond acceptors (Lipinski definition) is 3. The van der Waals surface area contributed by atoms with Crippen LogP contribution in [-0.4, -0.2) is 0 Å². The molecule has 4 rings (SSSR count). The first kappa shape index (κ1) is 24.1. The maximum absolute atomic E-state index is 14.1. The van der Waals surface area contributed by atoms with Crippen molar-refractivity contribution < 1.29 is 22.0 Å². The number of aryl methyl sites for hydroxylation is 1. The molecule has 3 aromatic rings. The summed E-state index contributed by atoms with van der Waals surface area (Å²) in [7, 11) is 0. The van der Waals surface area contributed by atoms with Crippen molar-refractivity contribution in [1.82, 2.24) is 0 Å². The van der Waals surface area contributed by atoms with Crippen LogP contribution in [0.15, 0.2) is 71.3 Å². The fourth-order valence-corrected chi connectivity index (χ4v) is 4.01. The Kier molecular flexibility index (Phi) is 6.26. The molecular formula is C28H12F5N3. The van der Waals surface area contributed by atoms with E-state index in [4.69, 9.17) is 0 Å². The Bertz CT molecular complexity index is 1400.